The first-order valence-corrected chi connectivity index (χ1v) is 9.67. The molecule has 3 aromatic rings. The van der Waals surface area contributed by atoms with Crippen LogP contribution in [0.5, 0.6) is 17.2 Å². The molecule has 0 saturated heterocycles. The van der Waals surface area contributed by atoms with Gasteiger partial charge in [0.15, 0.2) is 11.5 Å². The number of aromatic nitrogens is 1. The standard InChI is InChI=1S/C23H24N2O5/c1-24(12-14-10-18(28-2)22(30-4)19(11-14)29-3)23(27)17-13-25-9-8-15-6-5-7-16(20(15)25)21(17)26/h5-7,10-11,13H,8-9,12H2,1-4H3. The van der Waals surface area contributed by atoms with E-state index in [9.17, 15) is 9.59 Å². The van der Waals surface area contributed by atoms with Crippen molar-refractivity contribution >= 4 is 16.8 Å². The Bertz CT molecular complexity index is 1170. The van der Waals surface area contributed by atoms with Crippen molar-refractivity contribution in [3.8, 4) is 17.2 Å². The topological polar surface area (TPSA) is 70.0 Å². The van der Waals surface area contributed by atoms with E-state index < -0.39 is 0 Å². The molecular formula is C23H24N2O5. The molecule has 0 bridgehead atoms. The van der Waals surface area contributed by atoms with Crippen molar-refractivity contribution in [3.63, 3.8) is 0 Å². The molecule has 1 aliphatic heterocycles. The van der Waals surface area contributed by atoms with Gasteiger partial charge < -0.3 is 23.7 Å². The lowest BCUT2D eigenvalue weighted by atomic mass is 10.1. The minimum Gasteiger partial charge on any atom is -0.493 e. The second kappa shape index (κ2) is 7.74. The Morgan fingerprint density at radius 2 is 1.80 bits per heavy atom. The van der Waals surface area contributed by atoms with Gasteiger partial charge in [-0.1, -0.05) is 12.1 Å². The summed E-state index contributed by atoms with van der Waals surface area (Å²) in [5, 5.41) is 0.594. The van der Waals surface area contributed by atoms with Gasteiger partial charge in [-0.2, -0.15) is 0 Å². The van der Waals surface area contributed by atoms with Crippen molar-refractivity contribution in [2.75, 3.05) is 28.4 Å². The molecule has 1 aromatic heterocycles. The Labute approximate surface area is 174 Å². The number of carbonyl (C=O) groups is 1. The summed E-state index contributed by atoms with van der Waals surface area (Å²) in [7, 11) is 6.31. The first-order valence-electron chi connectivity index (χ1n) is 9.67. The number of pyridine rings is 1. The maximum Gasteiger partial charge on any atom is 0.259 e. The molecule has 1 amide bonds. The molecule has 7 heteroatoms. The predicted octanol–water partition coefficient (Wildman–Crippen LogP) is 2.86. The summed E-state index contributed by atoms with van der Waals surface area (Å²) in [5.41, 5.74) is 2.83. The van der Waals surface area contributed by atoms with Crippen LogP contribution in [0.25, 0.3) is 10.9 Å². The van der Waals surface area contributed by atoms with Gasteiger partial charge in [-0.3, -0.25) is 9.59 Å². The summed E-state index contributed by atoms with van der Waals surface area (Å²) in [6.07, 6.45) is 2.56. The number of aryl methyl sites for hydroxylation is 2. The van der Waals surface area contributed by atoms with Crippen molar-refractivity contribution in [3.05, 3.63) is 63.4 Å². The van der Waals surface area contributed by atoms with E-state index in [4.69, 9.17) is 14.2 Å². The Morgan fingerprint density at radius 3 is 2.43 bits per heavy atom. The number of carbonyl (C=O) groups excluding carboxylic acids is 1. The quantitative estimate of drug-likeness (QED) is 0.627. The minimum atomic E-state index is -0.322. The van der Waals surface area contributed by atoms with Crippen molar-refractivity contribution in [2.45, 2.75) is 19.5 Å². The molecule has 0 saturated carbocycles. The largest absolute Gasteiger partial charge is 0.493 e. The first-order chi connectivity index (χ1) is 14.5. The highest BCUT2D eigenvalue weighted by molar-refractivity contribution is 5.98. The van der Waals surface area contributed by atoms with Crippen LogP contribution in [-0.2, 0) is 19.5 Å². The van der Waals surface area contributed by atoms with Crippen molar-refractivity contribution in [1.29, 1.82) is 0 Å². The van der Waals surface area contributed by atoms with Gasteiger partial charge in [0.1, 0.15) is 5.56 Å². The highest BCUT2D eigenvalue weighted by Crippen LogP contribution is 2.38. The van der Waals surface area contributed by atoms with Crippen LogP contribution in [-0.4, -0.2) is 43.8 Å². The number of hydrogen-bond donors (Lipinski definition) is 0. The molecule has 0 fully saturated rings. The van der Waals surface area contributed by atoms with Crippen LogP contribution >= 0.6 is 0 Å². The van der Waals surface area contributed by atoms with Gasteiger partial charge in [-0.15, -0.1) is 0 Å². The van der Waals surface area contributed by atoms with E-state index in [2.05, 4.69) is 0 Å². The summed E-state index contributed by atoms with van der Waals surface area (Å²) in [6.45, 7) is 1.06. The van der Waals surface area contributed by atoms with Gasteiger partial charge >= 0.3 is 0 Å². The highest BCUT2D eigenvalue weighted by atomic mass is 16.5. The van der Waals surface area contributed by atoms with Gasteiger partial charge in [-0.05, 0) is 35.7 Å². The number of benzene rings is 2. The maximum absolute atomic E-state index is 13.2. The molecule has 2 heterocycles. The molecule has 0 aliphatic carbocycles. The fraction of sp³-hybridized carbons (Fsp3) is 0.304. The predicted molar refractivity (Wildman–Crippen MR) is 114 cm³/mol. The molecule has 7 nitrogen and oxygen atoms in total. The third-order valence-corrected chi connectivity index (χ3v) is 5.52. The number of hydrogen-bond acceptors (Lipinski definition) is 5. The number of ether oxygens (including phenoxy) is 3. The highest BCUT2D eigenvalue weighted by Gasteiger charge is 2.23. The van der Waals surface area contributed by atoms with Crippen molar-refractivity contribution in [2.24, 2.45) is 0 Å². The van der Waals surface area contributed by atoms with Crippen LogP contribution in [0.3, 0.4) is 0 Å². The molecule has 0 atom stereocenters. The van der Waals surface area contributed by atoms with E-state index >= 15 is 0 Å². The average Bonchev–Trinajstić information content (AvgIpc) is 3.18. The lowest BCUT2D eigenvalue weighted by Crippen LogP contribution is -2.31. The zero-order valence-corrected chi connectivity index (χ0v) is 17.5. The maximum atomic E-state index is 13.2. The Kier molecular flexibility index (Phi) is 5.11. The summed E-state index contributed by atoms with van der Waals surface area (Å²) in [6, 6.07) is 9.29. The Morgan fingerprint density at radius 1 is 1.10 bits per heavy atom. The lowest BCUT2D eigenvalue weighted by Gasteiger charge is -2.20. The molecule has 2 aromatic carbocycles. The van der Waals surface area contributed by atoms with E-state index in [0.717, 1.165) is 29.6 Å². The van der Waals surface area contributed by atoms with E-state index in [1.54, 1.807) is 52.8 Å². The number of amides is 1. The van der Waals surface area contributed by atoms with Crippen LogP contribution in [0.15, 0.2) is 41.3 Å². The summed E-state index contributed by atoms with van der Waals surface area (Å²) in [5.74, 6) is 1.19. The Balaban J connectivity index is 1.68. The van der Waals surface area contributed by atoms with Crippen LogP contribution in [0.2, 0.25) is 0 Å². The van der Waals surface area contributed by atoms with Gasteiger partial charge in [0, 0.05) is 31.7 Å². The molecule has 0 unspecified atom stereocenters. The number of nitrogens with zero attached hydrogens (tertiary/aromatic N) is 2. The Hall–Kier alpha value is -3.48. The van der Waals surface area contributed by atoms with Crippen LogP contribution in [0.1, 0.15) is 21.5 Å². The van der Waals surface area contributed by atoms with Crippen molar-refractivity contribution in [1.82, 2.24) is 9.47 Å². The summed E-state index contributed by atoms with van der Waals surface area (Å²) < 4.78 is 18.1. The fourth-order valence-electron chi connectivity index (χ4n) is 4.09. The van der Waals surface area contributed by atoms with Crippen LogP contribution < -0.4 is 19.6 Å². The first kappa shape index (κ1) is 19.8. The second-order valence-electron chi connectivity index (χ2n) is 7.32. The number of methoxy groups -OCH3 is 3. The molecule has 0 radical (unpaired) electrons. The minimum absolute atomic E-state index is 0.177. The molecule has 0 N–H and O–H groups in total. The van der Waals surface area contributed by atoms with Crippen molar-refractivity contribution < 1.29 is 19.0 Å². The van der Waals surface area contributed by atoms with E-state index in [-0.39, 0.29) is 23.4 Å². The molecule has 156 valence electrons. The number of para-hydroxylation sites is 1. The normalized spacial score (nSPS) is 12.1. The molecular weight excluding hydrogens is 384 g/mol. The third kappa shape index (κ3) is 3.16. The van der Waals surface area contributed by atoms with E-state index in [1.165, 1.54) is 4.90 Å². The lowest BCUT2D eigenvalue weighted by molar-refractivity contribution is 0.0783. The van der Waals surface area contributed by atoms with Gasteiger partial charge in [0.05, 0.1) is 26.8 Å². The van der Waals surface area contributed by atoms with Crippen LogP contribution in [0.4, 0.5) is 0 Å². The van der Waals surface area contributed by atoms with Gasteiger partial charge in [0.2, 0.25) is 11.2 Å². The number of rotatable bonds is 6. The van der Waals surface area contributed by atoms with Gasteiger partial charge in [0.25, 0.3) is 5.91 Å². The SMILES string of the molecule is COc1cc(CN(C)C(=O)c2cn3c4c(cccc4c2=O)CC3)cc(OC)c1OC. The second-order valence-corrected chi connectivity index (χ2v) is 7.32. The average molecular weight is 408 g/mol. The van der Waals surface area contributed by atoms with E-state index in [0.29, 0.717) is 22.6 Å². The van der Waals surface area contributed by atoms with E-state index in [1.807, 2.05) is 16.7 Å². The smallest absolute Gasteiger partial charge is 0.259 e. The third-order valence-electron chi connectivity index (χ3n) is 5.52. The summed E-state index contributed by atoms with van der Waals surface area (Å²) >= 11 is 0. The molecule has 4 rings (SSSR count). The summed E-state index contributed by atoms with van der Waals surface area (Å²) in [4.78, 5) is 27.7. The zero-order chi connectivity index (χ0) is 21.4. The monoisotopic (exact) mass is 408 g/mol. The van der Waals surface area contributed by atoms with Crippen LogP contribution in [0, 0.1) is 0 Å². The molecule has 30 heavy (non-hydrogen) atoms. The zero-order valence-electron chi connectivity index (χ0n) is 17.5. The van der Waals surface area contributed by atoms with Gasteiger partial charge in [-0.25, -0.2) is 0 Å². The fourth-order valence-corrected chi connectivity index (χ4v) is 4.09. The molecule has 1 aliphatic rings. The molecule has 0 spiro atoms.